The minimum Gasteiger partial charge on any atom is -0.494 e. The predicted octanol–water partition coefficient (Wildman–Crippen LogP) is 5.86. The first-order chi connectivity index (χ1) is 15.1. The third-order valence-electron chi connectivity index (χ3n) is 6.11. The van der Waals surface area contributed by atoms with Gasteiger partial charge in [0.2, 0.25) is 0 Å². The summed E-state index contributed by atoms with van der Waals surface area (Å²) in [4.78, 5) is 10.8. The molecule has 3 atom stereocenters. The maximum Gasteiger partial charge on any atom is 0.416 e. The Kier molecular flexibility index (Phi) is 7.44. The van der Waals surface area contributed by atoms with E-state index in [1.165, 1.54) is 25.3 Å². The molecule has 0 saturated heterocycles. The number of hydrogen-bond acceptors (Lipinski definition) is 3. The van der Waals surface area contributed by atoms with E-state index in [0.717, 1.165) is 18.4 Å². The third-order valence-corrected chi connectivity index (χ3v) is 6.11. The molecule has 0 aliphatic heterocycles. The largest absolute Gasteiger partial charge is 0.494 e. The highest BCUT2D eigenvalue weighted by Gasteiger charge is 2.35. The average Bonchev–Trinajstić information content (AvgIpc) is 3.20. The van der Waals surface area contributed by atoms with Crippen LogP contribution in [0.1, 0.15) is 66.8 Å². The molecule has 1 aliphatic carbocycles. The Morgan fingerprint density at radius 3 is 2.62 bits per heavy atom. The number of alkyl halides is 3. The molecule has 0 aromatic heterocycles. The topological polar surface area (TPSA) is 58.6 Å². The lowest BCUT2D eigenvalue weighted by molar-refractivity contribution is -0.140. The number of carbonyl (C=O) groups is 1. The van der Waals surface area contributed by atoms with Crippen LogP contribution in [0, 0.1) is 5.82 Å². The van der Waals surface area contributed by atoms with Gasteiger partial charge in [-0.3, -0.25) is 4.79 Å². The third kappa shape index (κ3) is 5.79. The molecular formula is C24H27F4NO3. The van der Waals surface area contributed by atoms with E-state index in [1.54, 1.807) is 18.2 Å². The number of rotatable bonds is 8. The molecule has 1 unspecified atom stereocenters. The quantitative estimate of drug-likeness (QED) is 0.492. The molecule has 2 N–H and O–H groups in total. The number of aryl methyl sites for hydroxylation is 1. The first-order valence-corrected chi connectivity index (χ1v) is 10.6. The van der Waals surface area contributed by atoms with E-state index in [4.69, 9.17) is 9.84 Å². The van der Waals surface area contributed by atoms with Crippen LogP contribution in [0.5, 0.6) is 5.75 Å². The van der Waals surface area contributed by atoms with Crippen LogP contribution in [0.2, 0.25) is 0 Å². The zero-order chi connectivity index (χ0) is 23.5. The monoisotopic (exact) mass is 453 g/mol. The summed E-state index contributed by atoms with van der Waals surface area (Å²) in [5.74, 6) is -1.41. The Bertz CT molecular complexity index is 961. The molecule has 0 amide bonds. The smallest absolute Gasteiger partial charge is 0.416 e. The minimum atomic E-state index is -4.53. The molecule has 2 aromatic rings. The van der Waals surface area contributed by atoms with Gasteiger partial charge in [-0.05, 0) is 73.4 Å². The Labute approximate surface area is 184 Å². The van der Waals surface area contributed by atoms with Gasteiger partial charge in [-0.25, -0.2) is 4.39 Å². The second kappa shape index (κ2) is 9.90. The van der Waals surface area contributed by atoms with E-state index in [1.807, 2.05) is 6.92 Å². The summed E-state index contributed by atoms with van der Waals surface area (Å²) in [6.07, 6.45) is -2.77. The normalized spacial score (nSPS) is 19.7. The molecule has 4 nitrogen and oxygen atoms in total. The van der Waals surface area contributed by atoms with Crippen molar-refractivity contribution >= 4 is 5.97 Å². The summed E-state index contributed by atoms with van der Waals surface area (Å²) >= 11 is 0. The highest BCUT2D eigenvalue weighted by atomic mass is 19.4. The van der Waals surface area contributed by atoms with Gasteiger partial charge in [0.25, 0.3) is 0 Å². The number of aliphatic carboxylic acids is 1. The van der Waals surface area contributed by atoms with Gasteiger partial charge < -0.3 is 15.2 Å². The van der Waals surface area contributed by atoms with Crippen molar-refractivity contribution < 1.29 is 32.2 Å². The van der Waals surface area contributed by atoms with E-state index >= 15 is 0 Å². The first kappa shape index (κ1) is 24.0. The molecule has 3 rings (SSSR count). The summed E-state index contributed by atoms with van der Waals surface area (Å²) in [7, 11) is 1.41. The van der Waals surface area contributed by atoms with E-state index in [2.05, 4.69) is 5.32 Å². The first-order valence-electron chi connectivity index (χ1n) is 10.6. The number of carboxylic acids is 1. The minimum absolute atomic E-state index is 0.00945. The number of ether oxygens (including phenoxy) is 1. The summed E-state index contributed by atoms with van der Waals surface area (Å²) in [5.41, 5.74) is 0.750. The van der Waals surface area contributed by atoms with Crippen LogP contribution >= 0.6 is 0 Å². The van der Waals surface area contributed by atoms with Crippen LogP contribution in [-0.4, -0.2) is 24.2 Å². The standard InChI is InChI=1S/C24H27F4NO3/c1-14(16-6-9-21(25)22(13-16)32-2)29-19-8-5-17(11-19)18-4-3-15(7-10-23(30)31)20(12-18)24(26,27)28/h3-4,6,9,12-14,17,19,29H,5,7-8,10-11H2,1-2H3,(H,30,31)/t14-,17?,19+/m0/s1. The summed E-state index contributed by atoms with van der Waals surface area (Å²) in [6.45, 7) is 1.96. The molecule has 32 heavy (non-hydrogen) atoms. The molecule has 174 valence electrons. The number of methoxy groups -OCH3 is 1. The van der Waals surface area contributed by atoms with Gasteiger partial charge in [-0.1, -0.05) is 18.2 Å². The second-order valence-corrected chi connectivity index (χ2v) is 8.30. The Morgan fingerprint density at radius 1 is 1.22 bits per heavy atom. The van der Waals surface area contributed by atoms with Crippen molar-refractivity contribution in [3.8, 4) is 5.75 Å². The maximum atomic E-state index is 13.7. The molecule has 0 heterocycles. The Balaban J connectivity index is 1.69. The maximum absolute atomic E-state index is 13.7. The van der Waals surface area contributed by atoms with Crippen molar-refractivity contribution in [2.75, 3.05) is 7.11 Å². The molecule has 0 radical (unpaired) electrons. The molecule has 1 fully saturated rings. The van der Waals surface area contributed by atoms with Crippen LogP contribution in [0.4, 0.5) is 17.6 Å². The summed E-state index contributed by atoms with van der Waals surface area (Å²) in [6, 6.07) is 9.01. The van der Waals surface area contributed by atoms with Crippen LogP contribution in [0.15, 0.2) is 36.4 Å². The van der Waals surface area contributed by atoms with E-state index in [0.29, 0.717) is 12.0 Å². The van der Waals surface area contributed by atoms with Crippen molar-refractivity contribution in [1.29, 1.82) is 0 Å². The van der Waals surface area contributed by atoms with Crippen molar-refractivity contribution in [1.82, 2.24) is 5.32 Å². The molecule has 0 bridgehead atoms. The second-order valence-electron chi connectivity index (χ2n) is 8.30. The lowest BCUT2D eigenvalue weighted by Crippen LogP contribution is -2.29. The predicted molar refractivity (Wildman–Crippen MR) is 112 cm³/mol. The molecule has 8 heteroatoms. The number of nitrogens with one attached hydrogen (secondary N) is 1. The van der Waals surface area contributed by atoms with E-state index < -0.39 is 23.5 Å². The van der Waals surface area contributed by atoms with Gasteiger partial charge in [0, 0.05) is 18.5 Å². The van der Waals surface area contributed by atoms with Crippen LogP contribution in [0.3, 0.4) is 0 Å². The van der Waals surface area contributed by atoms with Gasteiger partial charge in [0.15, 0.2) is 11.6 Å². The number of carboxylic acid groups (broad SMARTS) is 1. The Morgan fingerprint density at radius 2 is 1.97 bits per heavy atom. The zero-order valence-electron chi connectivity index (χ0n) is 18.0. The van der Waals surface area contributed by atoms with Crippen molar-refractivity contribution in [2.45, 2.75) is 63.2 Å². The van der Waals surface area contributed by atoms with Gasteiger partial charge in [0.1, 0.15) is 0 Å². The van der Waals surface area contributed by atoms with Crippen LogP contribution in [-0.2, 0) is 17.4 Å². The van der Waals surface area contributed by atoms with Crippen molar-refractivity contribution in [3.63, 3.8) is 0 Å². The SMILES string of the molecule is COc1cc([C@H](C)N[C@@H]2CCC(c3ccc(CCC(=O)O)c(C(F)(F)F)c3)C2)ccc1F. The Hall–Kier alpha value is -2.61. The van der Waals surface area contributed by atoms with Crippen molar-refractivity contribution in [3.05, 3.63) is 64.5 Å². The summed E-state index contributed by atoms with van der Waals surface area (Å²) in [5, 5.41) is 12.3. The van der Waals surface area contributed by atoms with E-state index in [-0.39, 0.29) is 42.2 Å². The fourth-order valence-electron chi connectivity index (χ4n) is 4.40. The van der Waals surface area contributed by atoms with Gasteiger partial charge in [-0.15, -0.1) is 0 Å². The van der Waals surface area contributed by atoms with Crippen LogP contribution < -0.4 is 10.1 Å². The molecule has 1 saturated carbocycles. The number of halogens is 4. The number of benzene rings is 2. The zero-order valence-corrected chi connectivity index (χ0v) is 18.0. The van der Waals surface area contributed by atoms with Gasteiger partial charge >= 0.3 is 12.1 Å². The lowest BCUT2D eigenvalue weighted by atomic mass is 9.92. The molecule has 1 aliphatic rings. The van der Waals surface area contributed by atoms with Crippen LogP contribution in [0.25, 0.3) is 0 Å². The lowest BCUT2D eigenvalue weighted by Gasteiger charge is -2.21. The van der Waals surface area contributed by atoms with Gasteiger partial charge in [-0.2, -0.15) is 13.2 Å². The summed E-state index contributed by atoms with van der Waals surface area (Å²) < 4.78 is 59.4. The molecule has 2 aromatic carbocycles. The highest BCUT2D eigenvalue weighted by Crippen LogP contribution is 2.40. The highest BCUT2D eigenvalue weighted by molar-refractivity contribution is 5.67. The fraction of sp³-hybridized carbons (Fsp3) is 0.458. The van der Waals surface area contributed by atoms with Gasteiger partial charge in [0.05, 0.1) is 12.7 Å². The number of hydrogen-bond donors (Lipinski definition) is 2. The van der Waals surface area contributed by atoms with Crippen molar-refractivity contribution in [2.24, 2.45) is 0 Å². The molecular weight excluding hydrogens is 426 g/mol. The van der Waals surface area contributed by atoms with E-state index in [9.17, 15) is 22.4 Å². The average molecular weight is 453 g/mol. The molecule has 0 spiro atoms. The fourth-order valence-corrected chi connectivity index (χ4v) is 4.40.